The summed E-state index contributed by atoms with van der Waals surface area (Å²) in [6.45, 7) is 4.58. The zero-order valence-electron chi connectivity index (χ0n) is 15.9. The first kappa shape index (κ1) is 19.2. The summed E-state index contributed by atoms with van der Waals surface area (Å²) in [6.07, 6.45) is 0.993. The zero-order chi connectivity index (χ0) is 18.7. The number of hydrogen-bond acceptors (Lipinski definition) is 4. The summed E-state index contributed by atoms with van der Waals surface area (Å²) < 4.78 is 12.7. The van der Waals surface area contributed by atoms with Crippen molar-refractivity contribution >= 4 is 15.9 Å². The van der Waals surface area contributed by atoms with Crippen molar-refractivity contribution in [3.05, 3.63) is 57.1 Å². The van der Waals surface area contributed by atoms with Gasteiger partial charge in [-0.1, -0.05) is 22.0 Å². The van der Waals surface area contributed by atoms with Gasteiger partial charge < -0.3 is 19.7 Å². The van der Waals surface area contributed by atoms with Gasteiger partial charge in [0.2, 0.25) is 0 Å². The number of methoxy groups -OCH3 is 1. The van der Waals surface area contributed by atoms with Crippen LogP contribution in [-0.2, 0) is 6.42 Å². The summed E-state index contributed by atoms with van der Waals surface area (Å²) in [5, 5.41) is 3.66. The Hall–Kier alpha value is -1.56. The molecule has 26 heavy (non-hydrogen) atoms. The van der Waals surface area contributed by atoms with Crippen LogP contribution < -0.4 is 14.8 Å². The molecule has 1 heterocycles. The third-order valence-electron chi connectivity index (χ3n) is 4.67. The average molecular weight is 419 g/mol. The van der Waals surface area contributed by atoms with Gasteiger partial charge in [-0.15, -0.1) is 0 Å². The largest absolute Gasteiger partial charge is 0.493 e. The number of nitrogens with zero attached hydrogens (tertiary/aromatic N) is 1. The zero-order valence-corrected chi connectivity index (χ0v) is 17.5. The lowest BCUT2D eigenvalue weighted by Crippen LogP contribution is -2.30. The monoisotopic (exact) mass is 418 g/mol. The molecule has 0 bridgehead atoms. The minimum absolute atomic E-state index is 0.164. The van der Waals surface area contributed by atoms with Crippen LogP contribution >= 0.6 is 15.9 Å². The number of fused-ring (bicyclic) bond motifs is 1. The van der Waals surface area contributed by atoms with Crippen LogP contribution in [0.1, 0.15) is 28.3 Å². The number of benzene rings is 2. The summed E-state index contributed by atoms with van der Waals surface area (Å²) in [6, 6.07) is 11.0. The molecule has 0 saturated carbocycles. The summed E-state index contributed by atoms with van der Waals surface area (Å²) >= 11 is 3.63. The number of nitrogens with one attached hydrogen (secondary N) is 1. The molecular formula is C21H27BrN2O2. The van der Waals surface area contributed by atoms with Crippen molar-refractivity contribution in [3.8, 4) is 11.5 Å². The molecule has 1 unspecified atom stereocenters. The summed E-state index contributed by atoms with van der Waals surface area (Å²) in [4.78, 5) is 2.11. The van der Waals surface area contributed by atoms with Crippen LogP contribution in [-0.4, -0.2) is 45.8 Å². The van der Waals surface area contributed by atoms with Crippen molar-refractivity contribution in [1.82, 2.24) is 10.2 Å². The maximum Gasteiger partial charge on any atom is 0.161 e. The lowest BCUT2D eigenvalue weighted by atomic mass is 9.89. The van der Waals surface area contributed by atoms with E-state index in [-0.39, 0.29) is 6.04 Å². The second kappa shape index (κ2) is 8.42. The van der Waals surface area contributed by atoms with Gasteiger partial charge >= 0.3 is 0 Å². The molecule has 1 aliphatic rings. The Bertz CT molecular complexity index is 757. The molecule has 1 atom stereocenters. The van der Waals surface area contributed by atoms with Crippen LogP contribution in [0.5, 0.6) is 11.5 Å². The predicted molar refractivity (Wildman–Crippen MR) is 109 cm³/mol. The Morgan fingerprint density at radius 1 is 1.15 bits per heavy atom. The van der Waals surface area contributed by atoms with E-state index in [1.54, 1.807) is 7.11 Å². The molecule has 1 aliphatic heterocycles. The minimum atomic E-state index is 0.164. The summed E-state index contributed by atoms with van der Waals surface area (Å²) in [5.74, 6) is 1.63. The van der Waals surface area contributed by atoms with Gasteiger partial charge in [0.1, 0.15) is 6.61 Å². The van der Waals surface area contributed by atoms with Gasteiger partial charge in [-0.25, -0.2) is 0 Å². The smallest absolute Gasteiger partial charge is 0.161 e. The molecular weight excluding hydrogens is 392 g/mol. The van der Waals surface area contributed by atoms with Crippen molar-refractivity contribution in [1.29, 1.82) is 0 Å². The summed E-state index contributed by atoms with van der Waals surface area (Å²) in [5.41, 5.74) is 5.11. The van der Waals surface area contributed by atoms with E-state index < -0.39 is 0 Å². The second-order valence-electron chi connectivity index (χ2n) is 7.05. The van der Waals surface area contributed by atoms with Gasteiger partial charge in [0.25, 0.3) is 0 Å². The average Bonchev–Trinajstić information content (AvgIpc) is 2.59. The van der Waals surface area contributed by atoms with E-state index in [1.165, 1.54) is 22.3 Å². The minimum Gasteiger partial charge on any atom is -0.493 e. The van der Waals surface area contributed by atoms with Crippen LogP contribution in [0.4, 0.5) is 0 Å². The van der Waals surface area contributed by atoms with Gasteiger partial charge in [0.05, 0.1) is 13.2 Å². The topological polar surface area (TPSA) is 33.7 Å². The Morgan fingerprint density at radius 2 is 1.96 bits per heavy atom. The van der Waals surface area contributed by atoms with Crippen LogP contribution in [0.2, 0.25) is 0 Å². The van der Waals surface area contributed by atoms with E-state index in [2.05, 4.69) is 63.4 Å². The Kier molecular flexibility index (Phi) is 6.22. The fourth-order valence-corrected chi connectivity index (χ4v) is 4.03. The molecule has 5 heteroatoms. The Labute approximate surface area is 164 Å². The van der Waals surface area contributed by atoms with Crippen LogP contribution in [0, 0.1) is 6.92 Å². The maximum atomic E-state index is 6.03. The molecule has 0 aliphatic carbocycles. The van der Waals surface area contributed by atoms with Gasteiger partial charge in [0, 0.05) is 17.6 Å². The van der Waals surface area contributed by atoms with E-state index >= 15 is 0 Å². The molecule has 2 aromatic carbocycles. The number of rotatable bonds is 6. The Morgan fingerprint density at radius 3 is 2.65 bits per heavy atom. The van der Waals surface area contributed by atoms with E-state index in [0.717, 1.165) is 35.5 Å². The lowest BCUT2D eigenvalue weighted by molar-refractivity contribution is 0.250. The molecule has 0 radical (unpaired) electrons. The third-order valence-corrected chi connectivity index (χ3v) is 5.13. The molecule has 0 aromatic heterocycles. The molecule has 3 rings (SSSR count). The maximum absolute atomic E-state index is 6.03. The van der Waals surface area contributed by atoms with Crippen molar-refractivity contribution in [3.63, 3.8) is 0 Å². The highest BCUT2D eigenvalue weighted by Gasteiger charge is 2.24. The summed E-state index contributed by atoms with van der Waals surface area (Å²) in [7, 11) is 5.79. The van der Waals surface area contributed by atoms with E-state index in [4.69, 9.17) is 9.47 Å². The highest BCUT2D eigenvalue weighted by molar-refractivity contribution is 9.10. The van der Waals surface area contributed by atoms with E-state index in [1.807, 2.05) is 14.1 Å². The first-order valence-electron chi connectivity index (χ1n) is 8.96. The van der Waals surface area contributed by atoms with Gasteiger partial charge in [0.15, 0.2) is 11.5 Å². The molecule has 0 amide bonds. The van der Waals surface area contributed by atoms with Crippen LogP contribution in [0.3, 0.4) is 0 Å². The lowest BCUT2D eigenvalue weighted by Gasteiger charge is -2.29. The van der Waals surface area contributed by atoms with Crippen molar-refractivity contribution in [2.45, 2.75) is 19.4 Å². The fraction of sp³-hybridized carbons (Fsp3) is 0.429. The number of halogens is 1. The standard InChI is InChI=1S/C21H27BrN2O2/c1-14-9-16(11-17(22)10-14)21-18-13-20(26-8-7-24(2)3)19(25-4)12-15(18)5-6-23-21/h9-13,21,23H,5-8H2,1-4H3. The normalized spacial score (nSPS) is 16.5. The van der Waals surface area contributed by atoms with Gasteiger partial charge in [-0.05, 0) is 74.0 Å². The first-order chi connectivity index (χ1) is 12.5. The predicted octanol–water partition coefficient (Wildman–Crippen LogP) is 3.94. The second-order valence-corrected chi connectivity index (χ2v) is 7.97. The molecule has 1 N–H and O–H groups in total. The van der Waals surface area contributed by atoms with Crippen LogP contribution in [0.15, 0.2) is 34.8 Å². The number of hydrogen-bond donors (Lipinski definition) is 1. The van der Waals surface area contributed by atoms with Crippen molar-refractivity contribution in [2.75, 3.05) is 40.9 Å². The molecule has 140 valence electrons. The molecule has 2 aromatic rings. The number of aryl methyl sites for hydroxylation is 1. The Balaban J connectivity index is 1.96. The van der Waals surface area contributed by atoms with Crippen molar-refractivity contribution in [2.24, 2.45) is 0 Å². The number of likely N-dealkylation sites (N-methyl/N-ethyl adjacent to an activating group) is 1. The van der Waals surface area contributed by atoms with Gasteiger partial charge in [-0.2, -0.15) is 0 Å². The molecule has 0 saturated heterocycles. The van der Waals surface area contributed by atoms with Crippen LogP contribution in [0.25, 0.3) is 0 Å². The molecule has 4 nitrogen and oxygen atoms in total. The quantitative estimate of drug-likeness (QED) is 0.769. The molecule has 0 fully saturated rings. The highest BCUT2D eigenvalue weighted by atomic mass is 79.9. The van der Waals surface area contributed by atoms with E-state index in [9.17, 15) is 0 Å². The van der Waals surface area contributed by atoms with Crippen molar-refractivity contribution < 1.29 is 9.47 Å². The molecule has 0 spiro atoms. The number of ether oxygens (including phenoxy) is 2. The third kappa shape index (κ3) is 4.40. The fourth-order valence-electron chi connectivity index (χ4n) is 3.40. The first-order valence-corrected chi connectivity index (χ1v) is 9.76. The van der Waals surface area contributed by atoms with Gasteiger partial charge in [-0.3, -0.25) is 0 Å². The highest BCUT2D eigenvalue weighted by Crippen LogP contribution is 2.38. The SMILES string of the molecule is COc1cc2c(cc1OCCN(C)C)C(c1cc(C)cc(Br)c1)NCC2. The van der Waals surface area contributed by atoms with E-state index in [0.29, 0.717) is 6.61 Å².